The van der Waals surface area contributed by atoms with Crippen molar-refractivity contribution in [2.75, 3.05) is 11.5 Å². The number of nitrogen functional groups attached to an aromatic ring is 2. The highest BCUT2D eigenvalue weighted by Crippen LogP contribution is 2.25. The van der Waals surface area contributed by atoms with E-state index >= 15 is 0 Å². The second-order valence-electron chi connectivity index (χ2n) is 3.28. The van der Waals surface area contributed by atoms with Crippen molar-refractivity contribution in [3.8, 4) is 0 Å². The fourth-order valence-corrected chi connectivity index (χ4v) is 2.02. The highest BCUT2D eigenvalue weighted by atomic mass is 32.2. The lowest BCUT2D eigenvalue weighted by Crippen LogP contribution is -2.00. The summed E-state index contributed by atoms with van der Waals surface area (Å²) >= 11 is 1.16. The van der Waals surface area contributed by atoms with E-state index in [-0.39, 0.29) is 17.3 Å². The highest BCUT2D eigenvalue weighted by molar-refractivity contribution is 7.99. The molecule has 0 aliphatic heterocycles. The molecule has 92 valence electrons. The Morgan fingerprint density at radius 2 is 1.89 bits per heavy atom. The van der Waals surface area contributed by atoms with Crippen LogP contribution in [0.2, 0.25) is 0 Å². The first-order valence-electron chi connectivity index (χ1n) is 4.82. The van der Waals surface area contributed by atoms with Crippen LogP contribution in [0.3, 0.4) is 0 Å². The van der Waals surface area contributed by atoms with Gasteiger partial charge < -0.3 is 16.6 Å². The molecule has 2 aromatic heterocycles. The van der Waals surface area contributed by atoms with Crippen LogP contribution in [0, 0.1) is 0 Å². The summed E-state index contributed by atoms with van der Waals surface area (Å²) in [6.45, 7) is 0. The Bertz CT molecular complexity index is 584. The van der Waals surface area contributed by atoms with E-state index in [2.05, 4.69) is 15.0 Å². The standard InChI is InChI=1S/C10H9N5O2S/c11-7-4-8(12)15-10(14-7)18-5-1-2-13-6(3-5)9(16)17/h1-4H,(H,16,17)(H4,11,12,14,15). The zero-order valence-electron chi connectivity index (χ0n) is 9.07. The molecule has 7 nitrogen and oxygen atoms in total. The van der Waals surface area contributed by atoms with Gasteiger partial charge in [-0.2, -0.15) is 0 Å². The molecule has 0 radical (unpaired) electrons. The van der Waals surface area contributed by atoms with Crippen LogP contribution in [0.4, 0.5) is 11.6 Å². The lowest BCUT2D eigenvalue weighted by molar-refractivity contribution is 0.0690. The molecule has 2 rings (SSSR count). The molecule has 0 aliphatic rings. The maximum Gasteiger partial charge on any atom is 0.354 e. The van der Waals surface area contributed by atoms with Crippen LogP contribution in [0.1, 0.15) is 10.5 Å². The third kappa shape index (κ3) is 2.86. The van der Waals surface area contributed by atoms with E-state index in [4.69, 9.17) is 16.6 Å². The van der Waals surface area contributed by atoms with Gasteiger partial charge in [-0.1, -0.05) is 0 Å². The van der Waals surface area contributed by atoms with Crippen molar-refractivity contribution >= 4 is 29.4 Å². The number of hydrogen-bond acceptors (Lipinski definition) is 7. The van der Waals surface area contributed by atoms with Gasteiger partial charge >= 0.3 is 5.97 Å². The van der Waals surface area contributed by atoms with Gasteiger partial charge in [0.15, 0.2) is 5.16 Å². The molecule has 2 aromatic rings. The Hall–Kier alpha value is -2.35. The molecule has 0 bridgehead atoms. The molecule has 0 aromatic carbocycles. The first kappa shape index (κ1) is 12.1. The summed E-state index contributed by atoms with van der Waals surface area (Å²) in [6, 6.07) is 4.52. The number of hydrogen-bond donors (Lipinski definition) is 3. The zero-order chi connectivity index (χ0) is 13.1. The molecule has 0 atom stereocenters. The molecule has 8 heteroatoms. The fraction of sp³-hybridized carbons (Fsp3) is 0. The summed E-state index contributed by atoms with van der Waals surface area (Å²) in [5.41, 5.74) is 11.0. The number of nitrogens with zero attached hydrogens (tertiary/aromatic N) is 3. The van der Waals surface area contributed by atoms with E-state index in [0.717, 1.165) is 11.8 Å². The molecule has 0 saturated carbocycles. The summed E-state index contributed by atoms with van der Waals surface area (Å²) in [5, 5.41) is 9.18. The number of nitrogens with two attached hydrogens (primary N) is 2. The summed E-state index contributed by atoms with van der Waals surface area (Å²) in [5.74, 6) is -0.569. The van der Waals surface area contributed by atoms with Crippen molar-refractivity contribution in [3.05, 3.63) is 30.1 Å². The molecule has 0 aliphatic carbocycles. The van der Waals surface area contributed by atoms with Crippen LogP contribution in [0.5, 0.6) is 0 Å². The van der Waals surface area contributed by atoms with Crippen molar-refractivity contribution in [3.63, 3.8) is 0 Å². The van der Waals surface area contributed by atoms with E-state index in [1.54, 1.807) is 6.07 Å². The molecule has 0 spiro atoms. The molecule has 18 heavy (non-hydrogen) atoms. The molecule has 0 saturated heterocycles. The second kappa shape index (κ2) is 4.88. The van der Waals surface area contributed by atoms with E-state index < -0.39 is 5.97 Å². The Labute approximate surface area is 106 Å². The number of aromatic nitrogens is 3. The van der Waals surface area contributed by atoms with Crippen molar-refractivity contribution < 1.29 is 9.90 Å². The first-order valence-corrected chi connectivity index (χ1v) is 5.63. The topological polar surface area (TPSA) is 128 Å². The van der Waals surface area contributed by atoms with Gasteiger partial charge in [0.05, 0.1) is 0 Å². The Balaban J connectivity index is 2.28. The number of pyridine rings is 1. The van der Waals surface area contributed by atoms with Gasteiger partial charge in [-0.3, -0.25) is 0 Å². The Morgan fingerprint density at radius 3 is 2.50 bits per heavy atom. The van der Waals surface area contributed by atoms with Crippen molar-refractivity contribution in [1.82, 2.24) is 15.0 Å². The minimum atomic E-state index is -1.09. The Morgan fingerprint density at radius 1 is 1.22 bits per heavy atom. The number of anilines is 2. The molecule has 2 heterocycles. The average Bonchev–Trinajstić information content (AvgIpc) is 2.27. The second-order valence-corrected chi connectivity index (χ2v) is 4.32. The van der Waals surface area contributed by atoms with Crippen LogP contribution in [-0.2, 0) is 0 Å². The fourth-order valence-electron chi connectivity index (χ4n) is 1.20. The number of carboxylic acid groups (broad SMARTS) is 1. The smallest absolute Gasteiger partial charge is 0.354 e. The molecule has 0 amide bonds. The van der Waals surface area contributed by atoms with Gasteiger partial charge in [-0.05, 0) is 23.9 Å². The minimum absolute atomic E-state index is 0.0446. The van der Waals surface area contributed by atoms with Crippen LogP contribution in [0.25, 0.3) is 0 Å². The summed E-state index contributed by atoms with van der Waals surface area (Å²) in [7, 11) is 0. The number of rotatable bonds is 3. The lowest BCUT2D eigenvalue weighted by atomic mass is 10.4. The van der Waals surface area contributed by atoms with Gasteiger partial charge in [-0.25, -0.2) is 19.7 Å². The van der Waals surface area contributed by atoms with Gasteiger partial charge in [0.1, 0.15) is 17.3 Å². The minimum Gasteiger partial charge on any atom is -0.477 e. The maximum atomic E-state index is 10.8. The SMILES string of the molecule is Nc1cc(N)nc(Sc2ccnc(C(=O)O)c2)n1. The van der Waals surface area contributed by atoms with Crippen molar-refractivity contribution in [2.45, 2.75) is 10.1 Å². The number of carboxylic acids is 1. The third-order valence-electron chi connectivity index (χ3n) is 1.90. The third-order valence-corrected chi connectivity index (χ3v) is 2.76. The van der Waals surface area contributed by atoms with Crippen LogP contribution in [0.15, 0.2) is 34.4 Å². The predicted molar refractivity (Wildman–Crippen MR) is 66.2 cm³/mol. The molecular formula is C10H9N5O2S. The quantitative estimate of drug-likeness (QED) is 0.696. The Kier molecular flexibility index (Phi) is 3.28. The van der Waals surface area contributed by atoms with Gasteiger partial charge in [0, 0.05) is 17.2 Å². The molecule has 0 fully saturated rings. The van der Waals surface area contributed by atoms with Gasteiger partial charge in [0.2, 0.25) is 0 Å². The zero-order valence-corrected chi connectivity index (χ0v) is 9.89. The normalized spacial score (nSPS) is 10.2. The predicted octanol–water partition coefficient (Wildman–Crippen LogP) is 0.885. The largest absolute Gasteiger partial charge is 0.477 e. The van der Waals surface area contributed by atoms with Crippen LogP contribution in [-0.4, -0.2) is 26.0 Å². The number of aromatic carboxylic acids is 1. The summed E-state index contributed by atoms with van der Waals surface area (Å²) in [6.07, 6.45) is 1.40. The van der Waals surface area contributed by atoms with E-state index in [0.29, 0.717) is 10.1 Å². The maximum absolute atomic E-state index is 10.8. The molecule has 5 N–H and O–H groups in total. The van der Waals surface area contributed by atoms with Crippen molar-refractivity contribution in [2.24, 2.45) is 0 Å². The van der Waals surface area contributed by atoms with E-state index in [1.807, 2.05) is 0 Å². The average molecular weight is 263 g/mol. The molecular weight excluding hydrogens is 254 g/mol. The molecule has 0 unspecified atom stereocenters. The van der Waals surface area contributed by atoms with Crippen LogP contribution < -0.4 is 11.5 Å². The summed E-state index contributed by atoms with van der Waals surface area (Å²) < 4.78 is 0. The van der Waals surface area contributed by atoms with Gasteiger partial charge in [-0.15, -0.1) is 0 Å². The van der Waals surface area contributed by atoms with Crippen LogP contribution >= 0.6 is 11.8 Å². The van der Waals surface area contributed by atoms with E-state index in [9.17, 15) is 4.79 Å². The lowest BCUT2D eigenvalue weighted by Gasteiger charge is -2.03. The monoisotopic (exact) mass is 263 g/mol. The van der Waals surface area contributed by atoms with Crippen molar-refractivity contribution in [1.29, 1.82) is 0 Å². The highest BCUT2D eigenvalue weighted by Gasteiger charge is 2.08. The number of carbonyl (C=O) groups is 1. The van der Waals surface area contributed by atoms with Gasteiger partial charge in [0.25, 0.3) is 0 Å². The summed E-state index contributed by atoms with van der Waals surface area (Å²) in [4.78, 5) is 23.1. The first-order chi connectivity index (χ1) is 8.54. The van der Waals surface area contributed by atoms with E-state index in [1.165, 1.54) is 18.3 Å².